The van der Waals surface area contributed by atoms with Crippen molar-refractivity contribution < 1.29 is 0 Å². The first-order valence-corrected chi connectivity index (χ1v) is 21.9. The number of hydrogen-bond donors (Lipinski definition) is 0. The molecule has 0 saturated carbocycles. The van der Waals surface area contributed by atoms with Crippen LogP contribution in [-0.2, 0) is 0 Å². The van der Waals surface area contributed by atoms with Gasteiger partial charge in [0, 0.05) is 4.75 Å². The highest BCUT2D eigenvalue weighted by Crippen LogP contribution is 2.64. The lowest BCUT2D eigenvalue weighted by Gasteiger charge is -2.57. The molecule has 0 heterocycles. The van der Waals surface area contributed by atoms with Crippen molar-refractivity contribution in [2.45, 2.75) is 110 Å². The Kier molecular flexibility index (Phi) is 13.9. The summed E-state index contributed by atoms with van der Waals surface area (Å²) in [6.07, 6.45) is 19.1. The zero-order valence-corrected chi connectivity index (χ0v) is 32.0. The smallest absolute Gasteiger partial charge is 0.00172 e. The van der Waals surface area contributed by atoms with Crippen molar-refractivity contribution in [1.29, 1.82) is 0 Å². The van der Waals surface area contributed by atoms with Crippen LogP contribution in [0.3, 0.4) is 0 Å². The minimum atomic E-state index is -0.790. The van der Waals surface area contributed by atoms with Gasteiger partial charge in [-0.1, -0.05) is 121 Å². The molecule has 2 rings (SSSR count). The molecule has 0 amide bonds. The van der Waals surface area contributed by atoms with Crippen LogP contribution in [0.5, 0.6) is 0 Å². The fourth-order valence-corrected chi connectivity index (χ4v) is 13.7. The number of rotatable bonds is 18. The molecule has 0 bridgehead atoms. The summed E-state index contributed by atoms with van der Waals surface area (Å²) in [4.78, 5) is 0. The summed E-state index contributed by atoms with van der Waals surface area (Å²) >= 11 is 0. The van der Waals surface area contributed by atoms with E-state index < -0.39 is 20.1 Å². The Morgan fingerprint density at radius 2 is 1.02 bits per heavy atom. The second-order valence-electron chi connectivity index (χ2n) is 16.0. The quantitative estimate of drug-likeness (QED) is 0.155. The lowest BCUT2D eigenvalue weighted by molar-refractivity contribution is 0.427. The molecule has 2 aromatic rings. The molecule has 2 aromatic carbocycles. The van der Waals surface area contributed by atoms with E-state index >= 15 is 0 Å². The molecule has 0 aliphatic rings. The molecule has 43 heavy (non-hydrogen) atoms. The van der Waals surface area contributed by atoms with Crippen LogP contribution in [0.15, 0.2) is 61.7 Å². The minimum Gasteiger partial charge on any atom is -0.241 e. The largest absolute Gasteiger partial charge is 0.241 e. The summed E-state index contributed by atoms with van der Waals surface area (Å²) < 4.78 is 0.743. The number of allylic oxidation sites excluding steroid dienone is 2. The van der Waals surface area contributed by atoms with E-state index in [0.717, 1.165) is 24.7 Å². The molecular formula is C41H68S2. The van der Waals surface area contributed by atoms with Gasteiger partial charge in [-0.25, -0.2) is 20.1 Å². The Morgan fingerprint density at radius 1 is 0.628 bits per heavy atom. The topological polar surface area (TPSA) is 0 Å². The van der Waals surface area contributed by atoms with Gasteiger partial charge in [0.05, 0.1) is 0 Å². The molecule has 0 aliphatic carbocycles. The Balaban J connectivity index is 1.87. The second-order valence-corrected chi connectivity index (χ2v) is 25.0. The fraction of sp³-hybridized carbons (Fsp3) is 0.610. The van der Waals surface area contributed by atoms with E-state index in [1.54, 1.807) is 0 Å². The summed E-state index contributed by atoms with van der Waals surface area (Å²) in [6.45, 7) is 28.4. The lowest BCUT2D eigenvalue weighted by Crippen LogP contribution is -2.42. The maximum absolute atomic E-state index is 4.39. The first-order chi connectivity index (χ1) is 19.8. The lowest BCUT2D eigenvalue weighted by atomic mass is 9.91. The van der Waals surface area contributed by atoms with Gasteiger partial charge in [0.25, 0.3) is 0 Å². The molecule has 0 aliphatic heterocycles. The Labute approximate surface area is 272 Å². The van der Waals surface area contributed by atoms with Crippen molar-refractivity contribution in [3.63, 3.8) is 0 Å². The van der Waals surface area contributed by atoms with Gasteiger partial charge in [-0.3, -0.25) is 0 Å². The van der Waals surface area contributed by atoms with Gasteiger partial charge >= 0.3 is 0 Å². The SMILES string of the molecule is C=C(CCCC(C)CC(C)(C)S(C)(C)CC(C)(C)S(C)(C)C[C@@H](C)CCCC(=C)c1ccc(C)cc1)c1ccc(C)cc1. The van der Waals surface area contributed by atoms with Gasteiger partial charge in [-0.15, -0.1) is 0 Å². The minimum absolute atomic E-state index is 0.370. The summed E-state index contributed by atoms with van der Waals surface area (Å²) in [5.41, 5.74) is 7.82. The van der Waals surface area contributed by atoms with Crippen LogP contribution in [0.4, 0.5) is 0 Å². The van der Waals surface area contributed by atoms with Crippen LogP contribution in [0.1, 0.15) is 109 Å². The normalized spacial score (nSPS) is 15.2. The first kappa shape index (κ1) is 37.8. The highest BCUT2D eigenvalue weighted by atomic mass is 32.3. The van der Waals surface area contributed by atoms with Crippen molar-refractivity contribution in [3.8, 4) is 0 Å². The summed E-state index contributed by atoms with van der Waals surface area (Å²) in [5.74, 6) is 4.24. The van der Waals surface area contributed by atoms with Crippen molar-refractivity contribution in [1.82, 2.24) is 0 Å². The third-order valence-electron chi connectivity index (χ3n) is 10.5. The molecular weight excluding hydrogens is 557 g/mol. The van der Waals surface area contributed by atoms with Gasteiger partial charge in [0.1, 0.15) is 0 Å². The predicted octanol–water partition coefficient (Wildman–Crippen LogP) is 12.7. The van der Waals surface area contributed by atoms with Crippen molar-refractivity contribution in [2.75, 3.05) is 36.5 Å². The molecule has 2 atom stereocenters. The van der Waals surface area contributed by atoms with E-state index in [4.69, 9.17) is 0 Å². The number of aryl methyl sites for hydroxylation is 2. The highest BCUT2D eigenvalue weighted by Gasteiger charge is 2.42. The third kappa shape index (κ3) is 11.5. The van der Waals surface area contributed by atoms with E-state index in [2.05, 4.69) is 142 Å². The van der Waals surface area contributed by atoms with Crippen LogP contribution in [0.25, 0.3) is 11.1 Å². The first-order valence-electron chi connectivity index (χ1n) is 16.7. The summed E-state index contributed by atoms with van der Waals surface area (Å²) in [7, 11) is -1.54. The van der Waals surface area contributed by atoms with E-state index in [0.29, 0.717) is 9.49 Å². The molecule has 0 spiro atoms. The van der Waals surface area contributed by atoms with E-state index in [1.165, 1.54) is 77.0 Å². The Morgan fingerprint density at radius 3 is 1.44 bits per heavy atom. The maximum Gasteiger partial charge on any atom is 0.00172 e. The average molecular weight is 625 g/mol. The number of benzene rings is 2. The van der Waals surface area contributed by atoms with Crippen LogP contribution in [0.2, 0.25) is 0 Å². The maximum atomic E-state index is 4.39. The van der Waals surface area contributed by atoms with Gasteiger partial charge < -0.3 is 0 Å². The van der Waals surface area contributed by atoms with Crippen LogP contribution in [0, 0.1) is 25.7 Å². The van der Waals surface area contributed by atoms with Gasteiger partial charge in [0.2, 0.25) is 0 Å². The van der Waals surface area contributed by atoms with Crippen LogP contribution >= 0.6 is 20.1 Å². The molecule has 244 valence electrons. The van der Waals surface area contributed by atoms with Crippen molar-refractivity contribution >= 4 is 31.2 Å². The molecule has 0 radical (unpaired) electrons. The summed E-state index contributed by atoms with van der Waals surface area (Å²) in [6, 6.07) is 17.7. The van der Waals surface area contributed by atoms with E-state index in [1.807, 2.05) is 0 Å². The Bertz CT molecular complexity index is 1070. The van der Waals surface area contributed by atoms with Gasteiger partial charge in [-0.2, -0.15) is 0 Å². The summed E-state index contributed by atoms with van der Waals surface area (Å²) in [5, 5.41) is 0. The molecule has 0 fully saturated rings. The van der Waals surface area contributed by atoms with Gasteiger partial charge in [0.15, 0.2) is 0 Å². The van der Waals surface area contributed by atoms with Crippen molar-refractivity contribution in [3.05, 3.63) is 83.9 Å². The van der Waals surface area contributed by atoms with Crippen LogP contribution < -0.4 is 0 Å². The molecule has 1 unspecified atom stereocenters. The monoisotopic (exact) mass is 624 g/mol. The van der Waals surface area contributed by atoms with E-state index in [9.17, 15) is 0 Å². The van der Waals surface area contributed by atoms with E-state index in [-0.39, 0.29) is 0 Å². The average Bonchev–Trinajstić information content (AvgIpc) is 2.88. The van der Waals surface area contributed by atoms with Crippen molar-refractivity contribution in [2.24, 2.45) is 11.8 Å². The zero-order chi connectivity index (χ0) is 32.6. The van der Waals surface area contributed by atoms with Gasteiger partial charge in [-0.05, 0) is 128 Å². The standard InChI is InChI=1S/C41H68S2/c1-32-21-25-38(26-22-32)36(5)19-15-17-34(3)29-40(7,8)43(13,14)31-41(9,10)42(11,12)30-35(4)18-16-20-37(6)39-27-23-33(2)24-28-39/h21-28,34-35H,5-6,15-20,29-31H2,1-4,7-14H3/t34?,35-/m0/s1. The van der Waals surface area contributed by atoms with Crippen LogP contribution in [-0.4, -0.2) is 46.0 Å². The third-order valence-corrected chi connectivity index (χ3v) is 19.8. The molecule has 0 saturated heterocycles. The molecule has 0 aromatic heterocycles. The molecule has 0 nitrogen and oxygen atoms in total. The number of hydrogen-bond acceptors (Lipinski definition) is 0. The molecule has 2 heteroatoms. The zero-order valence-electron chi connectivity index (χ0n) is 30.4. The fourth-order valence-electron chi connectivity index (χ4n) is 6.61. The highest BCUT2D eigenvalue weighted by molar-refractivity contribution is 8.37. The second kappa shape index (κ2) is 15.8. The molecule has 0 N–H and O–H groups in total. The Hall–Kier alpha value is -1.38. The predicted molar refractivity (Wildman–Crippen MR) is 208 cm³/mol.